The van der Waals surface area contributed by atoms with E-state index in [1.54, 1.807) is 0 Å². The summed E-state index contributed by atoms with van der Waals surface area (Å²) in [6, 6.07) is 11.2. The highest BCUT2D eigenvalue weighted by Gasteiger charge is 2.03. The lowest BCUT2D eigenvalue weighted by Crippen LogP contribution is -2.28. The second kappa shape index (κ2) is 9.12. The molecule has 0 saturated carbocycles. The summed E-state index contributed by atoms with van der Waals surface area (Å²) >= 11 is 0. The smallest absolute Gasteiger partial charge is 0.0207 e. The highest BCUT2D eigenvalue weighted by atomic mass is 15.1. The predicted molar refractivity (Wildman–Crippen MR) is 79.8 cm³/mol. The first-order valence-corrected chi connectivity index (χ1v) is 7.25. The monoisotopic (exact) mass is 248 g/mol. The van der Waals surface area contributed by atoms with Gasteiger partial charge in [-0.3, -0.25) is 0 Å². The minimum Gasteiger partial charge on any atom is -0.310 e. The molecule has 0 unspecified atom stereocenters. The lowest BCUT2D eigenvalue weighted by Gasteiger charge is -2.19. The minimum absolute atomic E-state index is 0.598. The van der Waals surface area contributed by atoms with Crippen molar-refractivity contribution in [3.8, 4) is 0 Å². The van der Waals surface area contributed by atoms with Gasteiger partial charge in [-0.25, -0.2) is 0 Å². The van der Waals surface area contributed by atoms with E-state index in [0.29, 0.717) is 6.04 Å². The third kappa shape index (κ3) is 6.18. The van der Waals surface area contributed by atoms with Gasteiger partial charge in [-0.05, 0) is 45.0 Å². The average molecular weight is 248 g/mol. The summed E-state index contributed by atoms with van der Waals surface area (Å²) in [5.41, 5.74) is 1.37. The molecule has 0 saturated heterocycles. The fourth-order valence-electron chi connectivity index (χ4n) is 2.15. The van der Waals surface area contributed by atoms with Gasteiger partial charge in [-0.2, -0.15) is 0 Å². The van der Waals surface area contributed by atoms with Crippen LogP contribution in [-0.4, -0.2) is 30.6 Å². The summed E-state index contributed by atoms with van der Waals surface area (Å²) in [6.45, 7) is 11.3. The van der Waals surface area contributed by atoms with Crippen molar-refractivity contribution in [2.75, 3.05) is 19.6 Å². The zero-order chi connectivity index (χ0) is 13.2. The van der Waals surface area contributed by atoms with Gasteiger partial charge < -0.3 is 10.2 Å². The van der Waals surface area contributed by atoms with Gasteiger partial charge in [0, 0.05) is 12.6 Å². The van der Waals surface area contributed by atoms with Gasteiger partial charge in [0.1, 0.15) is 0 Å². The van der Waals surface area contributed by atoms with Crippen molar-refractivity contribution < 1.29 is 0 Å². The lowest BCUT2D eigenvalue weighted by molar-refractivity contribution is 0.290. The molecule has 1 atom stereocenters. The molecule has 1 aromatic carbocycles. The molecule has 1 N–H and O–H groups in total. The zero-order valence-electron chi connectivity index (χ0n) is 12.2. The van der Waals surface area contributed by atoms with Crippen molar-refractivity contribution in [2.24, 2.45) is 0 Å². The SMILES string of the molecule is CCN(CC)CCC[C@H](C)NCc1ccccc1. The van der Waals surface area contributed by atoms with Crippen molar-refractivity contribution in [3.63, 3.8) is 0 Å². The summed E-state index contributed by atoms with van der Waals surface area (Å²) in [4.78, 5) is 2.49. The second-order valence-electron chi connectivity index (χ2n) is 4.94. The molecule has 18 heavy (non-hydrogen) atoms. The van der Waals surface area contributed by atoms with Gasteiger partial charge in [-0.1, -0.05) is 44.2 Å². The Labute approximate surface area is 112 Å². The Bertz CT molecular complexity index is 293. The van der Waals surface area contributed by atoms with Crippen LogP contribution in [0.2, 0.25) is 0 Å². The fraction of sp³-hybridized carbons (Fsp3) is 0.625. The number of hydrogen-bond acceptors (Lipinski definition) is 2. The molecular weight excluding hydrogens is 220 g/mol. The average Bonchev–Trinajstić information content (AvgIpc) is 2.42. The molecule has 0 radical (unpaired) electrons. The molecule has 0 spiro atoms. The maximum Gasteiger partial charge on any atom is 0.0207 e. The van der Waals surface area contributed by atoms with Gasteiger partial charge in [0.2, 0.25) is 0 Å². The Balaban J connectivity index is 2.12. The molecular formula is C16H28N2. The predicted octanol–water partition coefficient (Wildman–Crippen LogP) is 3.29. The van der Waals surface area contributed by atoms with Crippen molar-refractivity contribution in [3.05, 3.63) is 35.9 Å². The van der Waals surface area contributed by atoms with Gasteiger partial charge in [0.25, 0.3) is 0 Å². The van der Waals surface area contributed by atoms with Crippen LogP contribution in [0.5, 0.6) is 0 Å². The Hall–Kier alpha value is -0.860. The molecule has 0 aliphatic heterocycles. The summed E-state index contributed by atoms with van der Waals surface area (Å²) in [5, 5.41) is 3.59. The van der Waals surface area contributed by atoms with Crippen LogP contribution in [0, 0.1) is 0 Å². The van der Waals surface area contributed by atoms with Gasteiger partial charge in [0.05, 0.1) is 0 Å². The van der Waals surface area contributed by atoms with Crippen LogP contribution in [0.4, 0.5) is 0 Å². The van der Waals surface area contributed by atoms with Crippen LogP contribution in [0.25, 0.3) is 0 Å². The maximum atomic E-state index is 3.59. The zero-order valence-corrected chi connectivity index (χ0v) is 12.2. The molecule has 0 aromatic heterocycles. The van der Waals surface area contributed by atoms with Crippen LogP contribution in [0.3, 0.4) is 0 Å². The van der Waals surface area contributed by atoms with Crippen LogP contribution in [0.15, 0.2) is 30.3 Å². The molecule has 0 heterocycles. The highest BCUT2D eigenvalue weighted by Crippen LogP contribution is 2.02. The molecule has 0 aliphatic carbocycles. The first kappa shape index (κ1) is 15.2. The van der Waals surface area contributed by atoms with Gasteiger partial charge in [0.15, 0.2) is 0 Å². The lowest BCUT2D eigenvalue weighted by atomic mass is 10.1. The second-order valence-corrected chi connectivity index (χ2v) is 4.94. The molecule has 1 rings (SSSR count). The Morgan fingerprint density at radius 3 is 2.39 bits per heavy atom. The summed E-state index contributed by atoms with van der Waals surface area (Å²) in [6.07, 6.45) is 2.54. The number of rotatable bonds is 9. The largest absolute Gasteiger partial charge is 0.310 e. The molecule has 102 valence electrons. The first-order valence-electron chi connectivity index (χ1n) is 7.25. The summed E-state index contributed by atoms with van der Waals surface area (Å²) in [7, 11) is 0. The maximum absolute atomic E-state index is 3.59. The van der Waals surface area contributed by atoms with E-state index in [1.165, 1.54) is 38.0 Å². The first-order chi connectivity index (χ1) is 8.76. The van der Waals surface area contributed by atoms with E-state index < -0.39 is 0 Å². The Kier molecular flexibility index (Phi) is 7.70. The van der Waals surface area contributed by atoms with E-state index in [4.69, 9.17) is 0 Å². The highest BCUT2D eigenvalue weighted by molar-refractivity contribution is 5.14. The van der Waals surface area contributed by atoms with Crippen LogP contribution in [0.1, 0.15) is 39.2 Å². The number of benzene rings is 1. The third-order valence-corrected chi connectivity index (χ3v) is 3.50. The third-order valence-electron chi connectivity index (χ3n) is 3.50. The number of nitrogens with one attached hydrogen (secondary N) is 1. The van der Waals surface area contributed by atoms with E-state index >= 15 is 0 Å². The van der Waals surface area contributed by atoms with Crippen molar-refractivity contribution in [1.29, 1.82) is 0 Å². The van der Waals surface area contributed by atoms with E-state index in [-0.39, 0.29) is 0 Å². The van der Waals surface area contributed by atoms with Crippen molar-refractivity contribution in [1.82, 2.24) is 10.2 Å². The topological polar surface area (TPSA) is 15.3 Å². The molecule has 2 nitrogen and oxygen atoms in total. The van der Waals surface area contributed by atoms with Crippen LogP contribution in [-0.2, 0) is 6.54 Å². The van der Waals surface area contributed by atoms with E-state index in [9.17, 15) is 0 Å². The Morgan fingerprint density at radius 1 is 1.11 bits per heavy atom. The van der Waals surface area contributed by atoms with E-state index in [1.807, 2.05) is 0 Å². The molecule has 1 aromatic rings. The fourth-order valence-corrected chi connectivity index (χ4v) is 2.15. The van der Waals surface area contributed by atoms with Crippen LogP contribution >= 0.6 is 0 Å². The van der Waals surface area contributed by atoms with E-state index in [2.05, 4.69) is 61.3 Å². The molecule has 2 heteroatoms. The Morgan fingerprint density at radius 2 is 1.78 bits per heavy atom. The molecule has 0 amide bonds. The van der Waals surface area contributed by atoms with Gasteiger partial charge >= 0.3 is 0 Å². The van der Waals surface area contributed by atoms with E-state index in [0.717, 1.165) is 6.54 Å². The van der Waals surface area contributed by atoms with Gasteiger partial charge in [-0.15, -0.1) is 0 Å². The summed E-state index contributed by atoms with van der Waals surface area (Å²) < 4.78 is 0. The number of nitrogens with zero attached hydrogens (tertiary/aromatic N) is 1. The molecule has 0 aliphatic rings. The van der Waals surface area contributed by atoms with Crippen molar-refractivity contribution >= 4 is 0 Å². The van der Waals surface area contributed by atoms with Crippen LogP contribution < -0.4 is 5.32 Å². The minimum atomic E-state index is 0.598. The molecule has 0 bridgehead atoms. The summed E-state index contributed by atoms with van der Waals surface area (Å²) in [5.74, 6) is 0. The standard InChI is InChI=1S/C16H28N2/c1-4-18(5-2)13-9-10-15(3)17-14-16-11-7-6-8-12-16/h6-8,11-12,15,17H,4-5,9-10,13-14H2,1-3H3/t15-/m0/s1. The molecule has 0 fully saturated rings. The number of hydrogen-bond donors (Lipinski definition) is 1. The van der Waals surface area contributed by atoms with Crippen molar-refractivity contribution in [2.45, 2.75) is 46.2 Å². The normalized spacial score (nSPS) is 12.9. The quantitative estimate of drug-likeness (QED) is 0.721.